The highest BCUT2D eigenvalue weighted by atomic mass is 14.9. The first kappa shape index (κ1) is 12.8. The van der Waals surface area contributed by atoms with Crippen LogP contribution in [0.2, 0.25) is 0 Å². The third kappa shape index (κ3) is 2.09. The van der Waals surface area contributed by atoms with Gasteiger partial charge >= 0.3 is 0 Å². The van der Waals surface area contributed by atoms with E-state index in [9.17, 15) is 0 Å². The number of rotatable bonds is 2. The summed E-state index contributed by atoms with van der Waals surface area (Å²) in [5.74, 6) is 0.924. The van der Waals surface area contributed by atoms with Crippen LogP contribution in [0.15, 0.2) is 72.8 Å². The van der Waals surface area contributed by atoms with Gasteiger partial charge in [0.15, 0.2) is 0 Å². The molecule has 0 radical (unpaired) electrons. The molecule has 0 bridgehead atoms. The van der Waals surface area contributed by atoms with Gasteiger partial charge in [-0.3, -0.25) is 0 Å². The van der Waals surface area contributed by atoms with Crippen molar-refractivity contribution in [2.45, 2.75) is 6.92 Å². The number of H-pyrrole nitrogens is 1. The van der Waals surface area contributed by atoms with Crippen LogP contribution in [0.4, 0.5) is 0 Å². The molecule has 2 heteroatoms. The van der Waals surface area contributed by atoms with Crippen LogP contribution in [0, 0.1) is 6.92 Å². The van der Waals surface area contributed by atoms with Gasteiger partial charge in [0.2, 0.25) is 0 Å². The second kappa shape index (κ2) is 5.15. The minimum Gasteiger partial charge on any atom is -0.342 e. The fourth-order valence-electron chi connectivity index (χ4n) is 2.90. The Morgan fingerprint density at radius 1 is 0.773 bits per heavy atom. The van der Waals surface area contributed by atoms with Gasteiger partial charge in [0, 0.05) is 16.8 Å². The highest BCUT2D eigenvalue weighted by Gasteiger charge is 2.12. The fourth-order valence-corrected chi connectivity index (χ4v) is 2.90. The molecule has 0 aliphatic heterocycles. The highest BCUT2D eigenvalue weighted by Crippen LogP contribution is 2.30. The van der Waals surface area contributed by atoms with E-state index >= 15 is 0 Å². The average molecular weight is 284 g/mol. The molecule has 22 heavy (non-hydrogen) atoms. The molecule has 4 rings (SSSR count). The number of hydrogen-bond acceptors (Lipinski definition) is 1. The number of nitrogens with one attached hydrogen (secondary N) is 1. The van der Waals surface area contributed by atoms with Crippen molar-refractivity contribution >= 4 is 10.8 Å². The Labute approximate surface area is 129 Å². The first-order valence-electron chi connectivity index (χ1n) is 7.43. The van der Waals surface area contributed by atoms with Crippen molar-refractivity contribution in [2.24, 2.45) is 0 Å². The lowest BCUT2D eigenvalue weighted by Gasteiger charge is -2.03. The maximum absolute atomic E-state index is 4.84. The third-order valence-corrected chi connectivity index (χ3v) is 3.98. The molecule has 1 aromatic heterocycles. The molecule has 3 aromatic carbocycles. The van der Waals surface area contributed by atoms with E-state index in [0.717, 1.165) is 28.3 Å². The topological polar surface area (TPSA) is 28.7 Å². The zero-order valence-electron chi connectivity index (χ0n) is 12.4. The maximum atomic E-state index is 4.84. The summed E-state index contributed by atoms with van der Waals surface area (Å²) in [4.78, 5) is 8.29. The molecule has 2 nitrogen and oxygen atoms in total. The lowest BCUT2D eigenvalue weighted by atomic mass is 10.0. The predicted octanol–water partition coefficient (Wildman–Crippen LogP) is 5.21. The zero-order chi connectivity index (χ0) is 14.9. The molecular formula is C20H16N2. The quantitative estimate of drug-likeness (QED) is 0.538. The Morgan fingerprint density at radius 2 is 1.50 bits per heavy atom. The van der Waals surface area contributed by atoms with Crippen molar-refractivity contribution in [1.82, 2.24) is 9.97 Å². The van der Waals surface area contributed by atoms with Gasteiger partial charge in [-0.1, -0.05) is 72.8 Å². The normalized spacial score (nSPS) is 11.0. The largest absolute Gasteiger partial charge is 0.342 e. The molecule has 106 valence electrons. The Morgan fingerprint density at radius 3 is 2.36 bits per heavy atom. The molecule has 0 aliphatic carbocycles. The molecule has 4 aromatic rings. The minimum atomic E-state index is 0.924. The van der Waals surface area contributed by atoms with Crippen molar-refractivity contribution in [3.63, 3.8) is 0 Å². The molecule has 0 spiro atoms. The second-order valence-electron chi connectivity index (χ2n) is 5.45. The Bertz CT molecular complexity index is 931. The second-order valence-corrected chi connectivity index (χ2v) is 5.45. The van der Waals surface area contributed by atoms with Crippen LogP contribution in [-0.2, 0) is 0 Å². The van der Waals surface area contributed by atoms with Gasteiger partial charge in [0.25, 0.3) is 0 Å². The van der Waals surface area contributed by atoms with Crippen molar-refractivity contribution < 1.29 is 0 Å². The van der Waals surface area contributed by atoms with Crippen LogP contribution in [0.1, 0.15) is 5.69 Å². The standard InChI is InChI=1S/C20H16N2/c1-14-19(16-9-3-2-4-10-16)22-20(21-14)18-13-7-11-15-8-5-6-12-17(15)18/h2-13H,1H3,(H,21,22). The first-order chi connectivity index (χ1) is 10.8. The Hall–Kier alpha value is -2.87. The van der Waals surface area contributed by atoms with E-state index in [2.05, 4.69) is 66.5 Å². The van der Waals surface area contributed by atoms with Crippen molar-refractivity contribution in [3.8, 4) is 22.6 Å². The number of hydrogen-bond donors (Lipinski definition) is 1. The summed E-state index contributed by atoms with van der Waals surface area (Å²) >= 11 is 0. The molecule has 0 atom stereocenters. The van der Waals surface area contributed by atoms with Crippen LogP contribution in [0.25, 0.3) is 33.4 Å². The van der Waals surface area contributed by atoms with Crippen molar-refractivity contribution in [3.05, 3.63) is 78.5 Å². The number of aromatic amines is 1. The number of fused-ring (bicyclic) bond motifs is 1. The molecule has 0 aliphatic rings. The van der Waals surface area contributed by atoms with Crippen molar-refractivity contribution in [1.29, 1.82) is 0 Å². The number of aryl methyl sites for hydroxylation is 1. The molecule has 1 N–H and O–H groups in total. The van der Waals surface area contributed by atoms with Crippen LogP contribution in [-0.4, -0.2) is 9.97 Å². The summed E-state index contributed by atoms with van der Waals surface area (Å²) in [6.07, 6.45) is 0. The number of imidazole rings is 1. The van der Waals surface area contributed by atoms with E-state index in [1.807, 2.05) is 18.2 Å². The average Bonchev–Trinajstić information content (AvgIpc) is 2.97. The van der Waals surface area contributed by atoms with Gasteiger partial charge in [-0.15, -0.1) is 0 Å². The molecule has 0 fully saturated rings. The smallest absolute Gasteiger partial charge is 0.138 e. The summed E-state index contributed by atoms with van der Waals surface area (Å²) in [7, 11) is 0. The SMILES string of the molecule is Cc1[nH]c(-c2cccc3ccccc23)nc1-c1ccccc1. The zero-order valence-corrected chi connectivity index (χ0v) is 12.4. The van der Waals surface area contributed by atoms with E-state index in [4.69, 9.17) is 4.98 Å². The molecule has 0 amide bonds. The molecule has 0 unspecified atom stereocenters. The Balaban J connectivity index is 1.90. The van der Waals surface area contributed by atoms with Crippen LogP contribution < -0.4 is 0 Å². The van der Waals surface area contributed by atoms with Gasteiger partial charge in [-0.2, -0.15) is 0 Å². The van der Waals surface area contributed by atoms with E-state index in [-0.39, 0.29) is 0 Å². The first-order valence-corrected chi connectivity index (χ1v) is 7.43. The minimum absolute atomic E-state index is 0.924. The predicted molar refractivity (Wildman–Crippen MR) is 91.7 cm³/mol. The number of benzene rings is 3. The lowest BCUT2D eigenvalue weighted by Crippen LogP contribution is -1.83. The molecule has 0 saturated heterocycles. The van der Waals surface area contributed by atoms with Crippen LogP contribution >= 0.6 is 0 Å². The summed E-state index contributed by atoms with van der Waals surface area (Å²) < 4.78 is 0. The van der Waals surface area contributed by atoms with Gasteiger partial charge in [-0.05, 0) is 17.7 Å². The lowest BCUT2D eigenvalue weighted by molar-refractivity contribution is 1.26. The summed E-state index contributed by atoms with van der Waals surface area (Å²) in [5, 5.41) is 2.45. The Kier molecular flexibility index (Phi) is 3.01. The monoisotopic (exact) mass is 284 g/mol. The molecule has 0 saturated carbocycles. The highest BCUT2D eigenvalue weighted by molar-refractivity contribution is 5.95. The summed E-state index contributed by atoms with van der Waals surface area (Å²) in [6, 6.07) is 25.0. The summed E-state index contributed by atoms with van der Waals surface area (Å²) in [5.41, 5.74) is 4.39. The van der Waals surface area contributed by atoms with Crippen LogP contribution in [0.3, 0.4) is 0 Å². The number of nitrogens with zero attached hydrogens (tertiary/aromatic N) is 1. The molecular weight excluding hydrogens is 268 g/mol. The maximum Gasteiger partial charge on any atom is 0.138 e. The number of aromatic nitrogens is 2. The van der Waals surface area contributed by atoms with Gasteiger partial charge < -0.3 is 4.98 Å². The van der Waals surface area contributed by atoms with Gasteiger partial charge in [-0.25, -0.2) is 4.98 Å². The molecule has 1 heterocycles. The van der Waals surface area contributed by atoms with E-state index < -0.39 is 0 Å². The fraction of sp³-hybridized carbons (Fsp3) is 0.0500. The van der Waals surface area contributed by atoms with Crippen LogP contribution in [0.5, 0.6) is 0 Å². The third-order valence-electron chi connectivity index (χ3n) is 3.98. The van der Waals surface area contributed by atoms with Gasteiger partial charge in [0.1, 0.15) is 5.82 Å². The van der Waals surface area contributed by atoms with Gasteiger partial charge in [0.05, 0.1) is 5.69 Å². The van der Waals surface area contributed by atoms with E-state index in [1.165, 1.54) is 10.8 Å². The van der Waals surface area contributed by atoms with Crippen molar-refractivity contribution in [2.75, 3.05) is 0 Å². The summed E-state index contributed by atoms with van der Waals surface area (Å²) in [6.45, 7) is 2.07. The van der Waals surface area contributed by atoms with E-state index in [0.29, 0.717) is 0 Å². The van der Waals surface area contributed by atoms with E-state index in [1.54, 1.807) is 0 Å².